The number of amides is 2. The molecule has 148 valence electrons. The van der Waals surface area contributed by atoms with Crippen LogP contribution < -0.4 is 15.4 Å². The van der Waals surface area contributed by atoms with Crippen LogP contribution >= 0.6 is 11.8 Å². The van der Waals surface area contributed by atoms with Gasteiger partial charge in [0.2, 0.25) is 11.8 Å². The molecule has 0 aliphatic rings. The number of rotatable bonds is 8. The summed E-state index contributed by atoms with van der Waals surface area (Å²) in [5.74, 6) is 2.11. The van der Waals surface area contributed by atoms with Gasteiger partial charge in [0.1, 0.15) is 11.5 Å². The van der Waals surface area contributed by atoms with Crippen molar-refractivity contribution in [1.29, 1.82) is 0 Å². The maximum Gasteiger partial charge on any atom is 0.235 e. The maximum absolute atomic E-state index is 12.2. The fourth-order valence-corrected chi connectivity index (χ4v) is 3.25. The van der Waals surface area contributed by atoms with Gasteiger partial charge in [-0.3, -0.25) is 9.59 Å². The molecule has 0 radical (unpaired) electrons. The molecule has 2 aromatic heterocycles. The topological polar surface area (TPSA) is 107 Å². The number of thioether (sulfide) groups is 1. The van der Waals surface area contributed by atoms with E-state index in [1.54, 1.807) is 20.1 Å². The molecule has 1 aromatic carbocycles. The Morgan fingerprint density at radius 2 is 2.04 bits per heavy atom. The first-order valence-corrected chi connectivity index (χ1v) is 9.78. The first-order chi connectivity index (χ1) is 13.5. The molecule has 1 unspecified atom stereocenters. The van der Waals surface area contributed by atoms with Crippen LogP contribution in [0.4, 0.5) is 5.82 Å². The molecule has 9 heteroatoms. The van der Waals surface area contributed by atoms with Gasteiger partial charge in [-0.2, -0.15) is 0 Å². The molecular weight excluding hydrogens is 382 g/mol. The Bertz CT molecular complexity index is 981. The fourth-order valence-electron chi connectivity index (χ4n) is 2.63. The molecule has 0 aliphatic heterocycles. The molecule has 0 aliphatic carbocycles. The lowest BCUT2D eigenvalue weighted by molar-refractivity contribution is -0.119. The molecule has 2 amide bonds. The summed E-state index contributed by atoms with van der Waals surface area (Å²) in [6.45, 7) is 3.58. The van der Waals surface area contributed by atoms with Crippen LogP contribution in [0.2, 0.25) is 0 Å². The minimum atomic E-state index is -0.308. The normalized spacial score (nSPS) is 12.0. The number of nitrogens with zero attached hydrogens (tertiary/aromatic N) is 1. The SMILES string of the molecule is COc1cccc2cc(C(C)NC(=O)CSCC(=O)Nc3cc(C)on3)oc12. The van der Waals surface area contributed by atoms with Crippen LogP contribution in [0, 0.1) is 6.92 Å². The number of benzene rings is 1. The summed E-state index contributed by atoms with van der Waals surface area (Å²) in [6.07, 6.45) is 0. The van der Waals surface area contributed by atoms with Gasteiger partial charge in [0.25, 0.3) is 0 Å². The Morgan fingerprint density at radius 3 is 2.75 bits per heavy atom. The third-order valence-electron chi connectivity index (χ3n) is 3.91. The largest absolute Gasteiger partial charge is 0.493 e. The molecule has 0 saturated heterocycles. The number of ether oxygens (including phenoxy) is 1. The van der Waals surface area contributed by atoms with Crippen LogP contribution in [0.1, 0.15) is 24.5 Å². The molecule has 28 heavy (non-hydrogen) atoms. The van der Waals surface area contributed by atoms with Crippen molar-refractivity contribution in [2.45, 2.75) is 19.9 Å². The number of carbonyl (C=O) groups is 2. The second-order valence-electron chi connectivity index (χ2n) is 6.18. The highest BCUT2D eigenvalue weighted by Crippen LogP contribution is 2.30. The lowest BCUT2D eigenvalue weighted by atomic mass is 10.2. The smallest absolute Gasteiger partial charge is 0.235 e. The Kier molecular flexibility index (Phi) is 6.25. The number of hydrogen-bond acceptors (Lipinski definition) is 7. The van der Waals surface area contributed by atoms with E-state index in [1.807, 2.05) is 31.2 Å². The van der Waals surface area contributed by atoms with E-state index in [9.17, 15) is 9.59 Å². The number of aryl methyl sites for hydroxylation is 1. The summed E-state index contributed by atoms with van der Waals surface area (Å²) in [5, 5.41) is 10.1. The molecule has 0 saturated carbocycles. The number of furan rings is 1. The standard InChI is InChI=1S/C19H21N3O5S/c1-11-7-16(22-27-11)21-18(24)10-28-9-17(23)20-12(2)15-8-13-5-4-6-14(25-3)19(13)26-15/h4-8,12H,9-10H2,1-3H3,(H,20,23)(H,21,22,24). The minimum Gasteiger partial charge on any atom is -0.493 e. The van der Waals surface area contributed by atoms with Crippen LogP contribution in [-0.2, 0) is 9.59 Å². The zero-order chi connectivity index (χ0) is 20.1. The molecule has 1 atom stereocenters. The van der Waals surface area contributed by atoms with Crippen molar-refractivity contribution in [2.24, 2.45) is 0 Å². The van der Waals surface area contributed by atoms with Gasteiger partial charge in [-0.15, -0.1) is 11.8 Å². The van der Waals surface area contributed by atoms with Crippen LogP contribution in [0.3, 0.4) is 0 Å². The highest BCUT2D eigenvalue weighted by Gasteiger charge is 2.16. The van der Waals surface area contributed by atoms with E-state index in [-0.39, 0.29) is 29.4 Å². The van der Waals surface area contributed by atoms with Crippen LogP contribution in [0.5, 0.6) is 5.75 Å². The third-order valence-corrected chi connectivity index (χ3v) is 4.85. The van der Waals surface area contributed by atoms with Gasteiger partial charge in [0, 0.05) is 11.5 Å². The molecule has 2 N–H and O–H groups in total. The number of fused-ring (bicyclic) bond motifs is 1. The van der Waals surface area contributed by atoms with E-state index in [4.69, 9.17) is 13.7 Å². The zero-order valence-corrected chi connectivity index (χ0v) is 16.6. The number of methoxy groups -OCH3 is 1. The number of hydrogen-bond donors (Lipinski definition) is 2. The van der Waals surface area contributed by atoms with E-state index >= 15 is 0 Å². The third kappa shape index (κ3) is 4.86. The summed E-state index contributed by atoms with van der Waals surface area (Å²) >= 11 is 1.21. The number of aromatic nitrogens is 1. The Hall–Kier alpha value is -2.94. The molecule has 3 aromatic rings. The average Bonchev–Trinajstić information content (AvgIpc) is 3.27. The Labute approximate surface area is 166 Å². The number of anilines is 1. The van der Waals surface area contributed by atoms with Crippen molar-refractivity contribution in [1.82, 2.24) is 10.5 Å². The van der Waals surface area contributed by atoms with Crippen molar-refractivity contribution >= 4 is 40.4 Å². The van der Waals surface area contributed by atoms with Gasteiger partial charge < -0.3 is 24.3 Å². The molecular formula is C19H21N3O5S. The van der Waals surface area contributed by atoms with Crippen molar-refractivity contribution in [3.8, 4) is 5.75 Å². The summed E-state index contributed by atoms with van der Waals surface area (Å²) in [4.78, 5) is 24.0. The van der Waals surface area contributed by atoms with Gasteiger partial charge in [-0.1, -0.05) is 17.3 Å². The molecule has 0 bridgehead atoms. The first kappa shape index (κ1) is 19.8. The van der Waals surface area contributed by atoms with Gasteiger partial charge in [0.15, 0.2) is 17.2 Å². The van der Waals surface area contributed by atoms with Gasteiger partial charge in [-0.25, -0.2) is 0 Å². The Morgan fingerprint density at radius 1 is 1.25 bits per heavy atom. The van der Waals surface area contributed by atoms with Crippen LogP contribution in [0.15, 0.2) is 39.3 Å². The van der Waals surface area contributed by atoms with Crippen molar-refractivity contribution in [3.63, 3.8) is 0 Å². The van der Waals surface area contributed by atoms with Crippen LogP contribution in [0.25, 0.3) is 11.0 Å². The van der Waals surface area contributed by atoms with E-state index in [0.717, 1.165) is 5.39 Å². The molecule has 2 heterocycles. The number of para-hydroxylation sites is 1. The fraction of sp³-hybridized carbons (Fsp3) is 0.316. The highest BCUT2D eigenvalue weighted by molar-refractivity contribution is 8.00. The van der Waals surface area contributed by atoms with Crippen molar-refractivity contribution in [3.05, 3.63) is 41.9 Å². The van der Waals surface area contributed by atoms with Crippen molar-refractivity contribution in [2.75, 3.05) is 23.9 Å². The zero-order valence-electron chi connectivity index (χ0n) is 15.8. The monoisotopic (exact) mass is 403 g/mol. The second-order valence-corrected chi connectivity index (χ2v) is 7.17. The lowest BCUT2D eigenvalue weighted by Crippen LogP contribution is -2.28. The number of nitrogens with one attached hydrogen (secondary N) is 2. The van der Waals surface area contributed by atoms with Gasteiger partial charge in [0.05, 0.1) is 24.7 Å². The Balaban J connectivity index is 1.47. The molecule has 3 rings (SSSR count). The summed E-state index contributed by atoms with van der Waals surface area (Å²) in [6, 6.07) is 8.82. The van der Waals surface area contributed by atoms with Gasteiger partial charge >= 0.3 is 0 Å². The van der Waals surface area contributed by atoms with E-state index in [1.165, 1.54) is 11.8 Å². The summed E-state index contributed by atoms with van der Waals surface area (Å²) in [7, 11) is 1.58. The molecule has 0 fully saturated rings. The number of carbonyl (C=O) groups excluding carboxylic acids is 2. The van der Waals surface area contributed by atoms with Crippen molar-refractivity contribution < 1.29 is 23.3 Å². The summed E-state index contributed by atoms with van der Waals surface area (Å²) in [5.41, 5.74) is 0.648. The predicted octanol–water partition coefficient (Wildman–Crippen LogP) is 3.29. The second kappa shape index (κ2) is 8.83. The van der Waals surface area contributed by atoms with E-state index in [2.05, 4.69) is 15.8 Å². The van der Waals surface area contributed by atoms with Gasteiger partial charge in [-0.05, 0) is 26.0 Å². The van der Waals surface area contributed by atoms with E-state index in [0.29, 0.717) is 28.7 Å². The maximum atomic E-state index is 12.2. The first-order valence-electron chi connectivity index (χ1n) is 8.63. The summed E-state index contributed by atoms with van der Waals surface area (Å²) < 4.78 is 16.0. The lowest BCUT2D eigenvalue weighted by Gasteiger charge is -2.11. The van der Waals surface area contributed by atoms with Crippen LogP contribution in [-0.4, -0.2) is 35.6 Å². The molecule has 8 nitrogen and oxygen atoms in total. The predicted molar refractivity (Wildman–Crippen MR) is 107 cm³/mol. The van der Waals surface area contributed by atoms with E-state index < -0.39 is 0 Å². The average molecular weight is 403 g/mol. The quantitative estimate of drug-likeness (QED) is 0.594. The molecule has 0 spiro atoms. The highest BCUT2D eigenvalue weighted by atomic mass is 32.2. The minimum absolute atomic E-state index is 0.134.